The van der Waals surface area contributed by atoms with Gasteiger partial charge in [0.15, 0.2) is 0 Å². The lowest BCUT2D eigenvalue weighted by Crippen LogP contribution is -2.32. The Labute approximate surface area is 97.8 Å². The fraction of sp³-hybridized carbons (Fsp3) is 0.417. The maximum absolute atomic E-state index is 13.6. The molecule has 92 valence electrons. The van der Waals surface area contributed by atoms with Crippen molar-refractivity contribution in [2.75, 3.05) is 13.7 Å². The molecular weight excluding hydrogens is 228 g/mol. The minimum Gasteiger partial charge on any atom is -0.453 e. The van der Waals surface area contributed by atoms with E-state index in [0.717, 1.165) is 18.9 Å². The molecule has 1 aliphatic carbocycles. The molecule has 0 bridgehead atoms. The number of ether oxygens (including phenoxy) is 1. The maximum atomic E-state index is 13.6. The van der Waals surface area contributed by atoms with Gasteiger partial charge in [-0.1, -0.05) is 6.07 Å². The Balaban J connectivity index is 2.13. The van der Waals surface area contributed by atoms with E-state index in [1.807, 2.05) is 0 Å². The van der Waals surface area contributed by atoms with E-state index in [1.54, 1.807) is 0 Å². The van der Waals surface area contributed by atoms with Crippen molar-refractivity contribution in [3.63, 3.8) is 0 Å². The number of halogens is 2. The van der Waals surface area contributed by atoms with Gasteiger partial charge in [-0.2, -0.15) is 0 Å². The van der Waals surface area contributed by atoms with Crippen LogP contribution in [0, 0.1) is 11.6 Å². The van der Waals surface area contributed by atoms with Crippen molar-refractivity contribution < 1.29 is 18.3 Å². The molecule has 1 aromatic carbocycles. The molecule has 0 spiro atoms. The topological polar surface area (TPSA) is 38.3 Å². The molecule has 5 heteroatoms. The van der Waals surface area contributed by atoms with Crippen molar-refractivity contribution in [1.29, 1.82) is 0 Å². The SMILES string of the molecule is COC(=O)NCC1(c2ccc(F)cc2F)CC1. The lowest BCUT2D eigenvalue weighted by Gasteiger charge is -2.16. The number of benzene rings is 1. The molecule has 3 nitrogen and oxygen atoms in total. The molecule has 0 saturated heterocycles. The summed E-state index contributed by atoms with van der Waals surface area (Å²) in [5, 5.41) is 2.55. The molecule has 2 rings (SSSR count). The van der Waals surface area contributed by atoms with Gasteiger partial charge in [0, 0.05) is 18.0 Å². The second kappa shape index (κ2) is 4.31. The van der Waals surface area contributed by atoms with Crippen LogP contribution in [0.25, 0.3) is 0 Å². The van der Waals surface area contributed by atoms with Gasteiger partial charge in [-0.3, -0.25) is 0 Å². The Morgan fingerprint density at radius 2 is 2.18 bits per heavy atom. The van der Waals surface area contributed by atoms with Crippen LogP contribution in [0.3, 0.4) is 0 Å². The third-order valence-corrected chi connectivity index (χ3v) is 3.11. The molecule has 0 unspecified atom stereocenters. The molecular formula is C12H13F2NO2. The van der Waals surface area contributed by atoms with Gasteiger partial charge < -0.3 is 10.1 Å². The number of carbonyl (C=O) groups excluding carboxylic acids is 1. The molecule has 17 heavy (non-hydrogen) atoms. The second-order valence-corrected chi connectivity index (χ2v) is 4.25. The van der Waals surface area contributed by atoms with E-state index >= 15 is 0 Å². The van der Waals surface area contributed by atoms with Crippen LogP contribution < -0.4 is 5.32 Å². The minimum atomic E-state index is -0.594. The Bertz CT molecular complexity index is 444. The molecule has 1 saturated carbocycles. The number of hydrogen-bond acceptors (Lipinski definition) is 2. The first-order valence-electron chi connectivity index (χ1n) is 5.35. The van der Waals surface area contributed by atoms with Crippen molar-refractivity contribution in [3.8, 4) is 0 Å². The Morgan fingerprint density at radius 1 is 1.47 bits per heavy atom. The van der Waals surface area contributed by atoms with Crippen LogP contribution >= 0.6 is 0 Å². The fourth-order valence-electron chi connectivity index (χ4n) is 1.93. The van der Waals surface area contributed by atoms with Crippen LogP contribution in [0.2, 0.25) is 0 Å². The van der Waals surface area contributed by atoms with E-state index in [-0.39, 0.29) is 0 Å². The molecule has 0 radical (unpaired) electrons. The first-order valence-corrected chi connectivity index (χ1v) is 5.35. The third kappa shape index (κ3) is 2.38. The standard InChI is InChI=1S/C12H13F2NO2/c1-17-11(16)15-7-12(4-5-12)9-3-2-8(13)6-10(9)14/h2-3,6H,4-5,7H2,1H3,(H,15,16). The van der Waals surface area contributed by atoms with Gasteiger partial charge in [0.1, 0.15) is 11.6 Å². The highest BCUT2D eigenvalue weighted by Crippen LogP contribution is 2.48. The summed E-state index contributed by atoms with van der Waals surface area (Å²) in [6.07, 6.45) is 1.01. The first kappa shape index (κ1) is 11.8. The van der Waals surface area contributed by atoms with Crippen LogP contribution in [-0.2, 0) is 10.2 Å². The van der Waals surface area contributed by atoms with E-state index in [0.29, 0.717) is 12.1 Å². The summed E-state index contributed by atoms with van der Waals surface area (Å²) in [4.78, 5) is 11.0. The minimum absolute atomic E-state index is 0.308. The number of alkyl carbamates (subject to hydrolysis) is 1. The molecule has 1 amide bonds. The summed E-state index contributed by atoms with van der Waals surface area (Å²) in [5.74, 6) is -1.16. The normalized spacial score (nSPS) is 16.4. The number of carbonyl (C=O) groups is 1. The highest BCUT2D eigenvalue weighted by atomic mass is 19.1. The van der Waals surface area contributed by atoms with Crippen LogP contribution in [0.5, 0.6) is 0 Å². The zero-order valence-electron chi connectivity index (χ0n) is 9.43. The van der Waals surface area contributed by atoms with Crippen LogP contribution in [0.4, 0.5) is 13.6 Å². The van der Waals surface area contributed by atoms with Crippen LogP contribution in [0.1, 0.15) is 18.4 Å². The monoisotopic (exact) mass is 241 g/mol. The summed E-state index contributed by atoms with van der Waals surface area (Å²) in [5.41, 5.74) is 0.0571. The average Bonchev–Trinajstić information content (AvgIpc) is 3.07. The number of amides is 1. The molecule has 0 atom stereocenters. The Hall–Kier alpha value is -1.65. The summed E-state index contributed by atoms with van der Waals surface area (Å²) < 4.78 is 30.9. The Kier molecular flexibility index (Phi) is 3.00. The van der Waals surface area contributed by atoms with E-state index in [9.17, 15) is 13.6 Å². The molecule has 1 aliphatic rings. The lowest BCUT2D eigenvalue weighted by atomic mass is 9.95. The third-order valence-electron chi connectivity index (χ3n) is 3.11. The van der Waals surface area contributed by atoms with Crippen molar-refractivity contribution in [2.45, 2.75) is 18.3 Å². The van der Waals surface area contributed by atoms with Gasteiger partial charge in [-0.25, -0.2) is 13.6 Å². The predicted molar refractivity (Wildman–Crippen MR) is 57.7 cm³/mol. The molecule has 1 aromatic rings. The van der Waals surface area contributed by atoms with Crippen molar-refractivity contribution in [1.82, 2.24) is 5.32 Å². The number of hydrogen-bond donors (Lipinski definition) is 1. The van der Waals surface area contributed by atoms with E-state index < -0.39 is 23.1 Å². The van der Waals surface area contributed by atoms with Crippen LogP contribution in [-0.4, -0.2) is 19.7 Å². The Morgan fingerprint density at radius 3 is 2.71 bits per heavy atom. The molecule has 0 aliphatic heterocycles. The van der Waals surface area contributed by atoms with Crippen LogP contribution in [0.15, 0.2) is 18.2 Å². The first-order chi connectivity index (χ1) is 8.07. The quantitative estimate of drug-likeness (QED) is 0.882. The van der Waals surface area contributed by atoms with Gasteiger partial charge >= 0.3 is 6.09 Å². The zero-order chi connectivity index (χ0) is 12.5. The van der Waals surface area contributed by atoms with E-state index in [4.69, 9.17) is 0 Å². The van der Waals surface area contributed by atoms with Crippen molar-refractivity contribution in [3.05, 3.63) is 35.4 Å². The largest absolute Gasteiger partial charge is 0.453 e. The van der Waals surface area contributed by atoms with Gasteiger partial charge in [-0.15, -0.1) is 0 Å². The summed E-state index contributed by atoms with van der Waals surface area (Å²) in [7, 11) is 1.27. The number of rotatable bonds is 3. The van der Waals surface area contributed by atoms with Crippen molar-refractivity contribution in [2.24, 2.45) is 0 Å². The van der Waals surface area contributed by atoms with Gasteiger partial charge in [0.05, 0.1) is 7.11 Å². The highest BCUT2D eigenvalue weighted by molar-refractivity contribution is 5.67. The predicted octanol–water partition coefficient (Wildman–Crippen LogP) is 2.35. The van der Waals surface area contributed by atoms with E-state index in [1.165, 1.54) is 19.2 Å². The summed E-state index contributed by atoms with van der Waals surface area (Å²) >= 11 is 0. The summed E-state index contributed by atoms with van der Waals surface area (Å²) in [6.45, 7) is 0.308. The number of nitrogens with one attached hydrogen (secondary N) is 1. The smallest absolute Gasteiger partial charge is 0.406 e. The average molecular weight is 241 g/mol. The summed E-state index contributed by atoms with van der Waals surface area (Å²) in [6, 6.07) is 3.54. The zero-order valence-corrected chi connectivity index (χ0v) is 9.43. The van der Waals surface area contributed by atoms with Crippen molar-refractivity contribution >= 4 is 6.09 Å². The highest BCUT2D eigenvalue weighted by Gasteiger charge is 2.46. The van der Waals surface area contributed by atoms with Gasteiger partial charge in [-0.05, 0) is 24.5 Å². The lowest BCUT2D eigenvalue weighted by molar-refractivity contribution is 0.170. The molecule has 1 fully saturated rings. The molecule has 1 N–H and O–H groups in total. The molecule has 0 aromatic heterocycles. The van der Waals surface area contributed by atoms with E-state index in [2.05, 4.69) is 10.1 Å². The maximum Gasteiger partial charge on any atom is 0.406 e. The van der Waals surface area contributed by atoms with Gasteiger partial charge in [0.2, 0.25) is 0 Å². The molecule has 0 heterocycles. The fourth-order valence-corrected chi connectivity index (χ4v) is 1.93. The number of methoxy groups -OCH3 is 1. The van der Waals surface area contributed by atoms with Gasteiger partial charge in [0.25, 0.3) is 0 Å². The second-order valence-electron chi connectivity index (χ2n) is 4.25.